The van der Waals surface area contributed by atoms with Gasteiger partial charge in [-0.15, -0.1) is 0 Å². The van der Waals surface area contributed by atoms with Crippen LogP contribution >= 0.6 is 0 Å². The molecule has 0 aliphatic rings. The Morgan fingerprint density at radius 3 is 2.23 bits per heavy atom. The molecule has 0 aliphatic heterocycles. The molecule has 0 aliphatic carbocycles. The lowest BCUT2D eigenvalue weighted by molar-refractivity contribution is 0.300. The Bertz CT molecular complexity index is 556. The third-order valence-electron chi connectivity index (χ3n) is 5.27. The van der Waals surface area contributed by atoms with E-state index in [1.807, 2.05) is 0 Å². The monoisotopic (exact) mass is 301 g/mol. The number of benzene rings is 1. The van der Waals surface area contributed by atoms with Crippen LogP contribution in [0, 0.1) is 12.3 Å². The van der Waals surface area contributed by atoms with E-state index in [-0.39, 0.29) is 17.1 Å². The molecule has 0 heterocycles. The van der Waals surface area contributed by atoms with Gasteiger partial charge in [-0.3, -0.25) is 9.98 Å². The molecule has 1 aromatic carbocycles. The molecule has 122 valence electrons. The van der Waals surface area contributed by atoms with Crippen LogP contribution in [-0.4, -0.2) is 31.2 Å². The third-order valence-corrected chi connectivity index (χ3v) is 5.27. The van der Waals surface area contributed by atoms with E-state index in [9.17, 15) is 0 Å². The normalized spacial score (nSPS) is 14.6. The van der Waals surface area contributed by atoms with Crippen LogP contribution in [0.4, 0.5) is 5.69 Å². The van der Waals surface area contributed by atoms with Crippen molar-refractivity contribution in [1.82, 2.24) is 0 Å². The number of rotatable bonds is 6. The molecular weight excluding hydrogens is 270 g/mol. The highest BCUT2D eigenvalue weighted by Crippen LogP contribution is 2.35. The third kappa shape index (κ3) is 3.57. The first kappa shape index (κ1) is 18.4. The predicted molar refractivity (Wildman–Crippen MR) is 99.6 cm³/mol. The molecule has 3 heteroatoms. The zero-order valence-corrected chi connectivity index (χ0v) is 15.4. The quantitative estimate of drug-likeness (QED) is 0.697. The van der Waals surface area contributed by atoms with E-state index in [4.69, 9.17) is 4.99 Å². The molecule has 0 saturated heterocycles. The van der Waals surface area contributed by atoms with Gasteiger partial charge in [-0.05, 0) is 53.0 Å². The van der Waals surface area contributed by atoms with E-state index in [1.165, 1.54) is 11.3 Å². The molecule has 1 rings (SSSR count). The van der Waals surface area contributed by atoms with Gasteiger partial charge in [-0.2, -0.15) is 0 Å². The maximum absolute atomic E-state index is 4.94. The summed E-state index contributed by atoms with van der Waals surface area (Å²) < 4.78 is 0. The lowest BCUT2D eigenvalue weighted by atomic mass is 9.72. The van der Waals surface area contributed by atoms with E-state index < -0.39 is 0 Å². The molecule has 0 saturated carbocycles. The van der Waals surface area contributed by atoms with Crippen molar-refractivity contribution < 1.29 is 0 Å². The van der Waals surface area contributed by atoms with Crippen LogP contribution < -0.4 is 4.90 Å². The molecule has 0 bridgehead atoms. The highest BCUT2D eigenvalue weighted by Gasteiger charge is 2.38. The van der Waals surface area contributed by atoms with Crippen molar-refractivity contribution >= 4 is 18.1 Å². The number of hydrogen-bond donors (Lipinski definition) is 0. The van der Waals surface area contributed by atoms with E-state index in [0.717, 1.165) is 5.71 Å². The molecule has 0 fully saturated rings. The van der Waals surface area contributed by atoms with Gasteiger partial charge in [0.25, 0.3) is 0 Å². The number of para-hydroxylation sites is 1. The number of aliphatic imine (C=N–C) groups is 2. The van der Waals surface area contributed by atoms with Crippen molar-refractivity contribution in [2.45, 2.75) is 60.2 Å². The topological polar surface area (TPSA) is 28.0 Å². The second kappa shape index (κ2) is 6.64. The zero-order valence-electron chi connectivity index (χ0n) is 15.4. The molecule has 0 radical (unpaired) electrons. The van der Waals surface area contributed by atoms with Crippen LogP contribution in [0.5, 0.6) is 0 Å². The molecule has 0 aromatic heterocycles. The summed E-state index contributed by atoms with van der Waals surface area (Å²) in [6.45, 7) is 18.7. The molecule has 0 amide bonds. The molecule has 22 heavy (non-hydrogen) atoms. The van der Waals surface area contributed by atoms with Crippen LogP contribution in [-0.2, 0) is 0 Å². The molecule has 0 N–H and O–H groups in total. The fourth-order valence-electron chi connectivity index (χ4n) is 2.33. The number of anilines is 1. The molecule has 3 nitrogen and oxygen atoms in total. The Morgan fingerprint density at radius 2 is 1.73 bits per heavy atom. The van der Waals surface area contributed by atoms with Gasteiger partial charge in [0.2, 0.25) is 0 Å². The van der Waals surface area contributed by atoms with Gasteiger partial charge < -0.3 is 4.90 Å². The van der Waals surface area contributed by atoms with Gasteiger partial charge >= 0.3 is 0 Å². The van der Waals surface area contributed by atoms with Crippen molar-refractivity contribution in [1.29, 1.82) is 0 Å². The molecular formula is C19H31N3. The van der Waals surface area contributed by atoms with Gasteiger partial charge in [0, 0.05) is 23.9 Å². The van der Waals surface area contributed by atoms with Crippen LogP contribution in [0.1, 0.15) is 47.1 Å². The summed E-state index contributed by atoms with van der Waals surface area (Å²) in [5.41, 5.74) is 3.18. The Balaban J connectivity index is 3.06. The second-order valence-corrected chi connectivity index (χ2v) is 7.09. The van der Waals surface area contributed by atoms with Crippen molar-refractivity contribution in [3.63, 3.8) is 0 Å². The van der Waals surface area contributed by atoms with E-state index in [2.05, 4.69) is 96.4 Å². The predicted octanol–water partition coefficient (Wildman–Crippen LogP) is 4.74. The van der Waals surface area contributed by atoms with Gasteiger partial charge in [-0.25, -0.2) is 0 Å². The Morgan fingerprint density at radius 1 is 1.18 bits per heavy atom. The van der Waals surface area contributed by atoms with Gasteiger partial charge in [0.05, 0.1) is 5.54 Å². The summed E-state index contributed by atoms with van der Waals surface area (Å²) in [6, 6.07) is 8.39. The van der Waals surface area contributed by atoms with E-state index in [1.54, 1.807) is 0 Å². The first-order valence-corrected chi connectivity index (χ1v) is 7.86. The van der Waals surface area contributed by atoms with Crippen molar-refractivity contribution in [2.75, 3.05) is 11.9 Å². The Labute approximate surface area is 136 Å². The summed E-state index contributed by atoms with van der Waals surface area (Å²) in [5, 5.41) is 0. The summed E-state index contributed by atoms with van der Waals surface area (Å²) >= 11 is 0. The first-order valence-electron chi connectivity index (χ1n) is 7.86. The van der Waals surface area contributed by atoms with Crippen LogP contribution in [0.3, 0.4) is 0 Å². The maximum Gasteiger partial charge on any atom is 0.117 e. The van der Waals surface area contributed by atoms with Gasteiger partial charge in [-0.1, -0.05) is 32.0 Å². The lowest BCUT2D eigenvalue weighted by Gasteiger charge is -2.39. The second-order valence-electron chi connectivity index (χ2n) is 7.09. The van der Waals surface area contributed by atoms with Crippen LogP contribution in [0.2, 0.25) is 0 Å². The highest BCUT2D eigenvalue weighted by molar-refractivity contribution is 5.89. The number of nitrogens with zero attached hydrogens (tertiary/aromatic N) is 3. The van der Waals surface area contributed by atoms with Crippen molar-refractivity contribution in [3.05, 3.63) is 29.8 Å². The fourth-order valence-corrected chi connectivity index (χ4v) is 2.33. The van der Waals surface area contributed by atoms with Crippen molar-refractivity contribution in [3.8, 4) is 0 Å². The minimum absolute atomic E-state index is 0.0704. The minimum Gasteiger partial charge on any atom is -0.353 e. The largest absolute Gasteiger partial charge is 0.353 e. The Hall–Kier alpha value is -1.64. The van der Waals surface area contributed by atoms with Crippen molar-refractivity contribution in [2.24, 2.45) is 15.4 Å². The molecule has 0 spiro atoms. The molecule has 1 atom stereocenters. The number of hydrogen-bond acceptors (Lipinski definition) is 3. The highest BCUT2D eigenvalue weighted by atomic mass is 15.2. The standard InChI is InChI=1S/C19H31N3/c1-14-12-10-11-13-17(14)22(9)16(3)21-15(2)18(4,5)19(6,7)20-8/h10-13,16H,8H2,1-7,9H3. The minimum atomic E-state index is -0.248. The average Bonchev–Trinajstić information content (AvgIpc) is 2.46. The smallest absolute Gasteiger partial charge is 0.117 e. The zero-order chi connectivity index (χ0) is 17.1. The van der Waals surface area contributed by atoms with E-state index >= 15 is 0 Å². The average molecular weight is 301 g/mol. The summed E-state index contributed by atoms with van der Waals surface area (Å²) in [7, 11) is 2.09. The van der Waals surface area contributed by atoms with Gasteiger partial charge in [0.15, 0.2) is 0 Å². The molecule has 1 unspecified atom stereocenters. The van der Waals surface area contributed by atoms with E-state index in [0.29, 0.717) is 0 Å². The SMILES string of the molecule is C=NC(C)(C)C(C)(C)C(C)=NC(C)N(C)c1ccccc1C. The first-order chi connectivity index (χ1) is 10.0. The number of aryl methyl sites for hydroxylation is 1. The van der Waals surface area contributed by atoms with Crippen LogP contribution in [0.15, 0.2) is 34.3 Å². The summed E-state index contributed by atoms with van der Waals surface area (Å²) in [6.07, 6.45) is 0.0704. The molecule has 1 aromatic rings. The van der Waals surface area contributed by atoms with Crippen LogP contribution in [0.25, 0.3) is 0 Å². The summed E-state index contributed by atoms with van der Waals surface area (Å²) in [5.74, 6) is 0. The maximum atomic E-state index is 4.94. The Kier molecular flexibility index (Phi) is 5.55. The fraction of sp³-hybridized carbons (Fsp3) is 0.579. The summed E-state index contributed by atoms with van der Waals surface area (Å²) in [4.78, 5) is 11.4. The lowest BCUT2D eigenvalue weighted by Crippen LogP contribution is -2.43. The van der Waals surface area contributed by atoms with Gasteiger partial charge in [0.1, 0.15) is 6.17 Å².